The fraction of sp³-hybridized carbons (Fsp3) is 0.400. The van der Waals surface area contributed by atoms with E-state index in [9.17, 15) is 4.79 Å². The minimum absolute atomic E-state index is 0.0575. The monoisotopic (exact) mass is 270 g/mol. The third-order valence-electron chi connectivity index (χ3n) is 3.72. The van der Waals surface area contributed by atoms with Crippen molar-refractivity contribution in [3.63, 3.8) is 0 Å². The summed E-state index contributed by atoms with van der Waals surface area (Å²) in [6, 6.07) is 5.84. The second kappa shape index (κ2) is 5.07. The quantitative estimate of drug-likeness (QED) is 0.924. The number of hydrogen-bond acceptors (Lipinski definition) is 3. The van der Waals surface area contributed by atoms with Crippen molar-refractivity contribution in [2.24, 2.45) is 0 Å². The van der Waals surface area contributed by atoms with Gasteiger partial charge in [-0.1, -0.05) is 17.7 Å². The summed E-state index contributed by atoms with van der Waals surface area (Å²) in [5, 5.41) is 11.2. The van der Waals surface area contributed by atoms with E-state index in [0.29, 0.717) is 6.54 Å². The second-order valence-electron chi connectivity index (χ2n) is 5.29. The van der Waals surface area contributed by atoms with E-state index in [1.54, 1.807) is 0 Å². The summed E-state index contributed by atoms with van der Waals surface area (Å²) in [5.74, 6) is 1.81. The van der Waals surface area contributed by atoms with E-state index >= 15 is 0 Å². The van der Waals surface area contributed by atoms with Crippen LogP contribution in [0.1, 0.15) is 39.6 Å². The lowest BCUT2D eigenvalue weighted by Crippen LogP contribution is -2.25. The number of nitrogens with one attached hydrogen (secondary N) is 1. The first-order valence-corrected chi connectivity index (χ1v) is 6.91. The number of aryl methyl sites for hydroxylation is 3. The van der Waals surface area contributed by atoms with Gasteiger partial charge in [0.1, 0.15) is 5.82 Å². The highest BCUT2D eigenvalue weighted by Crippen LogP contribution is 2.14. The fourth-order valence-corrected chi connectivity index (χ4v) is 2.66. The number of benzene rings is 1. The Morgan fingerprint density at radius 3 is 3.00 bits per heavy atom. The van der Waals surface area contributed by atoms with Crippen LogP contribution >= 0.6 is 0 Å². The third kappa shape index (κ3) is 2.31. The van der Waals surface area contributed by atoms with E-state index in [-0.39, 0.29) is 5.91 Å². The van der Waals surface area contributed by atoms with Crippen LogP contribution in [0.2, 0.25) is 0 Å². The van der Waals surface area contributed by atoms with Gasteiger partial charge in [0.25, 0.3) is 5.91 Å². The summed E-state index contributed by atoms with van der Waals surface area (Å²) in [4.78, 5) is 12.2. The largest absolute Gasteiger partial charge is 0.345 e. The van der Waals surface area contributed by atoms with E-state index in [1.807, 2.05) is 32.0 Å². The van der Waals surface area contributed by atoms with Crippen molar-refractivity contribution in [1.29, 1.82) is 0 Å². The Hall–Kier alpha value is -2.17. The number of hydrogen-bond donors (Lipinski definition) is 1. The number of nitrogens with zero attached hydrogens (tertiary/aromatic N) is 3. The number of aromatic nitrogens is 3. The van der Waals surface area contributed by atoms with Gasteiger partial charge >= 0.3 is 0 Å². The molecule has 20 heavy (non-hydrogen) atoms. The minimum Gasteiger partial charge on any atom is -0.345 e. The van der Waals surface area contributed by atoms with Crippen LogP contribution in [0.3, 0.4) is 0 Å². The van der Waals surface area contributed by atoms with Crippen LogP contribution in [0.25, 0.3) is 0 Å². The van der Waals surface area contributed by atoms with Gasteiger partial charge in [0.2, 0.25) is 0 Å². The van der Waals surface area contributed by atoms with Crippen LogP contribution in [-0.2, 0) is 19.5 Å². The Morgan fingerprint density at radius 2 is 2.20 bits per heavy atom. The molecule has 1 N–H and O–H groups in total. The maximum Gasteiger partial charge on any atom is 0.251 e. The Balaban J connectivity index is 1.70. The predicted molar refractivity (Wildman–Crippen MR) is 75.4 cm³/mol. The Bertz CT molecular complexity index is 660. The lowest BCUT2D eigenvalue weighted by Gasteiger charge is -2.08. The van der Waals surface area contributed by atoms with Gasteiger partial charge in [0.05, 0.1) is 6.54 Å². The molecule has 5 nitrogen and oxygen atoms in total. The van der Waals surface area contributed by atoms with Crippen LogP contribution in [-0.4, -0.2) is 20.7 Å². The maximum atomic E-state index is 12.2. The van der Waals surface area contributed by atoms with E-state index in [1.165, 1.54) is 0 Å². The molecular formula is C15H18N4O. The zero-order chi connectivity index (χ0) is 14.1. The molecule has 0 unspecified atom stereocenters. The average molecular weight is 270 g/mol. The molecule has 2 aromatic rings. The van der Waals surface area contributed by atoms with Crippen LogP contribution in [0.5, 0.6) is 0 Å². The first-order chi connectivity index (χ1) is 9.65. The number of carbonyl (C=O) groups is 1. The standard InChI is InChI=1S/C15H18N4O/c1-10-5-6-12(11(2)8-10)15(20)16-9-14-18-17-13-4-3-7-19(13)14/h5-6,8H,3-4,7,9H2,1-2H3,(H,16,20). The van der Waals surface area contributed by atoms with Gasteiger partial charge in [-0.25, -0.2) is 0 Å². The highest BCUT2D eigenvalue weighted by atomic mass is 16.1. The third-order valence-corrected chi connectivity index (χ3v) is 3.72. The summed E-state index contributed by atoms with van der Waals surface area (Å²) in [5.41, 5.74) is 2.88. The molecule has 0 bridgehead atoms. The van der Waals surface area contributed by atoms with Crippen molar-refractivity contribution in [1.82, 2.24) is 20.1 Å². The van der Waals surface area contributed by atoms with Gasteiger partial charge < -0.3 is 9.88 Å². The first kappa shape index (κ1) is 12.8. The van der Waals surface area contributed by atoms with Crippen molar-refractivity contribution in [3.05, 3.63) is 46.5 Å². The van der Waals surface area contributed by atoms with E-state index in [4.69, 9.17) is 0 Å². The van der Waals surface area contributed by atoms with Crippen molar-refractivity contribution in [2.75, 3.05) is 0 Å². The van der Waals surface area contributed by atoms with Gasteiger partial charge in [-0.3, -0.25) is 4.79 Å². The predicted octanol–water partition coefficient (Wildman–Crippen LogP) is 1.77. The summed E-state index contributed by atoms with van der Waals surface area (Å²) in [6.45, 7) is 5.36. The highest BCUT2D eigenvalue weighted by molar-refractivity contribution is 5.95. The molecule has 1 aliphatic heterocycles. The van der Waals surface area contributed by atoms with Crippen molar-refractivity contribution >= 4 is 5.91 Å². The summed E-state index contributed by atoms with van der Waals surface area (Å²) in [7, 11) is 0. The van der Waals surface area contributed by atoms with Crippen molar-refractivity contribution in [3.8, 4) is 0 Å². The molecule has 0 fully saturated rings. The second-order valence-corrected chi connectivity index (χ2v) is 5.29. The van der Waals surface area contributed by atoms with Gasteiger partial charge in [-0.15, -0.1) is 10.2 Å². The summed E-state index contributed by atoms with van der Waals surface area (Å²) < 4.78 is 2.10. The molecule has 1 amide bonds. The molecule has 1 aromatic carbocycles. The van der Waals surface area contributed by atoms with Crippen LogP contribution in [0.4, 0.5) is 0 Å². The van der Waals surface area contributed by atoms with Gasteiger partial charge in [-0.05, 0) is 31.9 Å². The highest BCUT2D eigenvalue weighted by Gasteiger charge is 2.18. The van der Waals surface area contributed by atoms with Crippen molar-refractivity contribution < 1.29 is 4.79 Å². The Labute approximate surface area is 118 Å². The lowest BCUT2D eigenvalue weighted by molar-refractivity contribution is 0.0949. The van der Waals surface area contributed by atoms with Gasteiger partial charge in [0.15, 0.2) is 5.82 Å². The molecule has 1 aromatic heterocycles. The normalized spacial score (nSPS) is 13.3. The molecule has 0 radical (unpaired) electrons. The SMILES string of the molecule is Cc1ccc(C(=O)NCc2nnc3n2CCC3)c(C)c1. The van der Waals surface area contributed by atoms with Crippen LogP contribution in [0.15, 0.2) is 18.2 Å². The van der Waals surface area contributed by atoms with Gasteiger partial charge in [0, 0.05) is 18.5 Å². The van der Waals surface area contributed by atoms with Crippen LogP contribution in [0, 0.1) is 13.8 Å². The number of carbonyl (C=O) groups excluding carboxylic acids is 1. The summed E-state index contributed by atoms with van der Waals surface area (Å²) >= 11 is 0. The maximum absolute atomic E-state index is 12.2. The Kier molecular flexibility index (Phi) is 3.26. The Morgan fingerprint density at radius 1 is 1.35 bits per heavy atom. The molecule has 0 spiro atoms. The molecular weight excluding hydrogens is 252 g/mol. The molecule has 0 atom stereocenters. The molecule has 5 heteroatoms. The van der Waals surface area contributed by atoms with Crippen molar-refractivity contribution in [2.45, 2.75) is 39.8 Å². The van der Waals surface area contributed by atoms with E-state index < -0.39 is 0 Å². The first-order valence-electron chi connectivity index (χ1n) is 6.91. The minimum atomic E-state index is -0.0575. The van der Waals surface area contributed by atoms with Gasteiger partial charge in [-0.2, -0.15) is 0 Å². The molecule has 0 saturated carbocycles. The van der Waals surface area contributed by atoms with E-state index in [0.717, 1.165) is 47.7 Å². The number of rotatable bonds is 3. The topological polar surface area (TPSA) is 59.8 Å². The smallest absolute Gasteiger partial charge is 0.251 e. The molecule has 0 aliphatic carbocycles. The zero-order valence-electron chi connectivity index (χ0n) is 11.8. The molecule has 2 heterocycles. The van der Waals surface area contributed by atoms with Crippen LogP contribution < -0.4 is 5.32 Å². The molecule has 3 rings (SSSR count). The number of amides is 1. The summed E-state index contributed by atoms with van der Waals surface area (Å²) in [6.07, 6.45) is 2.10. The lowest BCUT2D eigenvalue weighted by atomic mass is 10.1. The zero-order valence-corrected chi connectivity index (χ0v) is 11.8. The number of fused-ring (bicyclic) bond motifs is 1. The molecule has 0 saturated heterocycles. The fourth-order valence-electron chi connectivity index (χ4n) is 2.66. The molecule has 1 aliphatic rings. The average Bonchev–Trinajstić information content (AvgIpc) is 2.99. The van der Waals surface area contributed by atoms with E-state index in [2.05, 4.69) is 20.1 Å². The molecule has 104 valence electrons.